The van der Waals surface area contributed by atoms with E-state index >= 15 is 0 Å². The van der Waals surface area contributed by atoms with Crippen molar-refractivity contribution in [3.63, 3.8) is 0 Å². The van der Waals surface area contributed by atoms with E-state index < -0.39 is 33.2 Å². The van der Waals surface area contributed by atoms with Gasteiger partial charge in [0.05, 0.1) is 28.7 Å². The van der Waals surface area contributed by atoms with Gasteiger partial charge in [0.15, 0.2) is 0 Å². The van der Waals surface area contributed by atoms with Crippen LogP contribution in [0, 0.1) is 0 Å². The molecule has 0 saturated heterocycles. The van der Waals surface area contributed by atoms with Crippen molar-refractivity contribution in [1.29, 1.82) is 0 Å². The van der Waals surface area contributed by atoms with Gasteiger partial charge in [0, 0.05) is 12.6 Å². The van der Waals surface area contributed by atoms with Crippen LogP contribution < -0.4 is 10.0 Å². The van der Waals surface area contributed by atoms with E-state index in [-0.39, 0.29) is 16.9 Å². The molecule has 10 heteroatoms. The molecular formula is C15H17F3N2O4S. The monoisotopic (exact) mass is 378 g/mol. The number of methoxy groups -OCH3 is 1. The number of ether oxygens (including phenoxy) is 1. The number of nitrogens with one attached hydrogen (secondary N) is 2. The van der Waals surface area contributed by atoms with Crippen LogP contribution in [0.4, 0.5) is 18.9 Å². The Hall–Kier alpha value is -1.81. The molecule has 3 aliphatic carbocycles. The van der Waals surface area contributed by atoms with Crippen molar-refractivity contribution in [3.05, 3.63) is 29.3 Å². The highest BCUT2D eigenvalue weighted by atomic mass is 32.2. The Balaban J connectivity index is 1.88. The largest absolute Gasteiger partial charge is 0.416 e. The first-order chi connectivity index (χ1) is 11.4. The highest BCUT2D eigenvalue weighted by molar-refractivity contribution is 7.92. The number of benzene rings is 1. The fourth-order valence-corrected chi connectivity index (χ4v) is 4.13. The average molecular weight is 378 g/mol. The molecule has 1 amide bonds. The van der Waals surface area contributed by atoms with Gasteiger partial charge in [0.25, 0.3) is 5.91 Å². The quantitative estimate of drug-likeness (QED) is 0.822. The van der Waals surface area contributed by atoms with Crippen molar-refractivity contribution >= 4 is 21.6 Å². The van der Waals surface area contributed by atoms with Crippen LogP contribution in [-0.4, -0.2) is 38.8 Å². The van der Waals surface area contributed by atoms with Gasteiger partial charge >= 0.3 is 6.18 Å². The molecule has 0 heterocycles. The molecule has 0 atom stereocenters. The maximum atomic E-state index is 12.9. The van der Waals surface area contributed by atoms with Crippen molar-refractivity contribution in [2.75, 3.05) is 18.1 Å². The van der Waals surface area contributed by atoms with Crippen LogP contribution in [0.25, 0.3) is 0 Å². The molecule has 3 aliphatic rings. The summed E-state index contributed by atoms with van der Waals surface area (Å²) in [7, 11) is -2.18. The second-order valence-electron chi connectivity index (χ2n) is 6.78. The molecule has 1 aromatic carbocycles. The van der Waals surface area contributed by atoms with E-state index in [4.69, 9.17) is 4.74 Å². The Kier molecular flexibility index (Phi) is 3.84. The van der Waals surface area contributed by atoms with E-state index in [0.717, 1.165) is 18.4 Å². The molecule has 3 fully saturated rings. The van der Waals surface area contributed by atoms with Crippen LogP contribution in [0.3, 0.4) is 0 Å². The summed E-state index contributed by atoms with van der Waals surface area (Å²) in [5.41, 5.74) is -2.31. The van der Waals surface area contributed by atoms with Gasteiger partial charge in [-0.15, -0.1) is 0 Å². The Morgan fingerprint density at radius 3 is 2.32 bits per heavy atom. The third-order valence-corrected chi connectivity index (χ3v) is 5.27. The second kappa shape index (κ2) is 5.34. The van der Waals surface area contributed by atoms with Gasteiger partial charge in [-0.05, 0) is 37.5 Å². The molecule has 3 saturated carbocycles. The van der Waals surface area contributed by atoms with Crippen LogP contribution >= 0.6 is 0 Å². The number of carbonyl (C=O) groups excluding carboxylic acids is 1. The number of amides is 1. The molecule has 1 aromatic rings. The average Bonchev–Trinajstić information content (AvgIpc) is 2.38. The fourth-order valence-electron chi connectivity index (χ4n) is 3.55. The van der Waals surface area contributed by atoms with Gasteiger partial charge in [-0.1, -0.05) is 0 Å². The summed E-state index contributed by atoms with van der Waals surface area (Å²) in [5.74, 6) is -0.748. The zero-order chi connectivity index (χ0) is 18.7. The molecular weight excluding hydrogens is 361 g/mol. The molecule has 25 heavy (non-hydrogen) atoms. The van der Waals surface area contributed by atoms with E-state index in [0.29, 0.717) is 25.3 Å². The minimum absolute atomic E-state index is 0.193. The van der Waals surface area contributed by atoms with Crippen LogP contribution in [0.5, 0.6) is 0 Å². The van der Waals surface area contributed by atoms with E-state index in [9.17, 15) is 26.4 Å². The maximum absolute atomic E-state index is 12.9. The predicted octanol–water partition coefficient (Wildman–Crippen LogP) is 2.13. The highest BCUT2D eigenvalue weighted by Gasteiger charge is 2.69. The first kappa shape index (κ1) is 18.0. The van der Waals surface area contributed by atoms with Gasteiger partial charge in [-0.2, -0.15) is 13.2 Å². The van der Waals surface area contributed by atoms with Crippen LogP contribution in [0.15, 0.2) is 18.2 Å². The van der Waals surface area contributed by atoms with Crippen LogP contribution in [-0.2, 0) is 20.9 Å². The lowest BCUT2D eigenvalue weighted by Gasteiger charge is -2.69. The number of hydrogen-bond acceptors (Lipinski definition) is 4. The highest BCUT2D eigenvalue weighted by Crippen LogP contribution is 2.62. The minimum Gasteiger partial charge on any atom is -0.378 e. The number of sulfonamides is 1. The van der Waals surface area contributed by atoms with E-state index in [2.05, 4.69) is 10.0 Å². The molecule has 0 radical (unpaired) electrons. The molecule has 6 nitrogen and oxygen atoms in total. The summed E-state index contributed by atoms with van der Waals surface area (Å²) >= 11 is 0. The van der Waals surface area contributed by atoms with Gasteiger partial charge < -0.3 is 10.1 Å². The summed E-state index contributed by atoms with van der Waals surface area (Å²) in [6, 6.07) is 2.32. The molecule has 0 unspecified atom stereocenters. The Morgan fingerprint density at radius 1 is 1.24 bits per heavy atom. The topological polar surface area (TPSA) is 84.5 Å². The third kappa shape index (κ3) is 3.32. The van der Waals surface area contributed by atoms with Gasteiger partial charge in [-0.3, -0.25) is 9.52 Å². The molecule has 138 valence electrons. The zero-order valence-electron chi connectivity index (χ0n) is 13.5. The number of alkyl halides is 3. The predicted molar refractivity (Wildman–Crippen MR) is 83.7 cm³/mol. The Bertz CT molecular complexity index is 816. The maximum Gasteiger partial charge on any atom is 0.416 e. The Labute approximate surface area is 142 Å². The van der Waals surface area contributed by atoms with Crippen molar-refractivity contribution in [2.45, 2.75) is 36.6 Å². The van der Waals surface area contributed by atoms with Crippen molar-refractivity contribution < 1.29 is 31.1 Å². The first-order valence-electron chi connectivity index (χ1n) is 7.44. The lowest BCUT2D eigenvalue weighted by atomic mass is 9.46. The lowest BCUT2D eigenvalue weighted by molar-refractivity contribution is -0.233. The van der Waals surface area contributed by atoms with E-state index in [1.807, 2.05) is 0 Å². The SMILES string of the molecule is COC12CC(NC(=O)c3cc(C(F)(F)F)ccc3NS(C)(=O)=O)(C1)C2. The molecule has 4 rings (SSSR count). The summed E-state index contributed by atoms with van der Waals surface area (Å²) in [6.07, 6.45) is -2.01. The number of hydrogen-bond donors (Lipinski definition) is 2. The minimum atomic E-state index is -4.64. The summed E-state index contributed by atoms with van der Waals surface area (Å²) < 4.78 is 69.0. The zero-order valence-corrected chi connectivity index (χ0v) is 14.3. The van der Waals surface area contributed by atoms with Crippen molar-refractivity contribution in [1.82, 2.24) is 5.32 Å². The molecule has 0 aromatic heterocycles. The van der Waals surface area contributed by atoms with Crippen LogP contribution in [0.2, 0.25) is 0 Å². The molecule has 2 bridgehead atoms. The summed E-state index contributed by atoms with van der Waals surface area (Å²) in [5, 5.41) is 2.72. The molecule has 2 N–H and O–H groups in total. The van der Waals surface area contributed by atoms with Crippen LogP contribution in [0.1, 0.15) is 35.2 Å². The van der Waals surface area contributed by atoms with Crippen molar-refractivity contribution in [2.24, 2.45) is 0 Å². The number of halogens is 3. The number of carbonyl (C=O) groups is 1. The van der Waals surface area contributed by atoms with Gasteiger partial charge in [0.1, 0.15) is 0 Å². The molecule has 0 aliphatic heterocycles. The normalized spacial score (nSPS) is 27.9. The number of anilines is 1. The van der Waals surface area contributed by atoms with Gasteiger partial charge in [-0.25, -0.2) is 8.42 Å². The smallest absolute Gasteiger partial charge is 0.378 e. The lowest BCUT2D eigenvalue weighted by Crippen LogP contribution is -2.79. The summed E-state index contributed by atoms with van der Waals surface area (Å²) in [6.45, 7) is 0. The third-order valence-electron chi connectivity index (χ3n) is 4.68. The number of rotatable bonds is 5. The fraction of sp³-hybridized carbons (Fsp3) is 0.533. The molecule has 0 spiro atoms. The van der Waals surface area contributed by atoms with Crippen molar-refractivity contribution in [3.8, 4) is 0 Å². The first-order valence-corrected chi connectivity index (χ1v) is 9.33. The Morgan fingerprint density at radius 2 is 1.84 bits per heavy atom. The van der Waals surface area contributed by atoms with Gasteiger partial charge in [0.2, 0.25) is 10.0 Å². The second-order valence-corrected chi connectivity index (χ2v) is 8.53. The van der Waals surface area contributed by atoms with E-state index in [1.54, 1.807) is 7.11 Å². The summed E-state index contributed by atoms with van der Waals surface area (Å²) in [4.78, 5) is 12.5. The standard InChI is InChI=1S/C15H17F3N2O4S/c1-24-14-6-13(7-14,8-14)19-12(21)10-5-9(15(16,17)18)3-4-11(10)20-25(2,22)23/h3-5,20H,6-8H2,1-2H3,(H,19,21). The van der Waals surface area contributed by atoms with E-state index in [1.165, 1.54) is 0 Å².